The van der Waals surface area contributed by atoms with Crippen molar-refractivity contribution in [2.75, 3.05) is 0 Å². The van der Waals surface area contributed by atoms with E-state index in [-0.39, 0.29) is 12.0 Å². The molecule has 0 aliphatic heterocycles. The number of carbonyl (C=O) groups is 1. The summed E-state index contributed by atoms with van der Waals surface area (Å²) in [6.07, 6.45) is 6.38. The van der Waals surface area contributed by atoms with Gasteiger partial charge in [-0.1, -0.05) is 12.2 Å². The second-order valence-corrected chi connectivity index (χ2v) is 3.01. The van der Waals surface area contributed by atoms with Crippen LogP contribution in [0.2, 0.25) is 0 Å². The Balaban J connectivity index is 2.75. The number of nitrogens with zero attached hydrogens (tertiary/aromatic N) is 1. The molecule has 0 aromatic rings. The van der Waals surface area contributed by atoms with Crippen molar-refractivity contribution in [2.45, 2.75) is 18.9 Å². The molecular weight excluding hydrogens is 178 g/mol. The lowest BCUT2D eigenvalue weighted by Crippen LogP contribution is -2.25. The molecular formula is C8H8ClNO2. The van der Waals surface area contributed by atoms with Crippen molar-refractivity contribution in [3.63, 3.8) is 0 Å². The van der Waals surface area contributed by atoms with E-state index in [2.05, 4.69) is 4.99 Å². The molecule has 12 heavy (non-hydrogen) atoms. The number of halogens is 1. The Morgan fingerprint density at radius 2 is 2.17 bits per heavy atom. The van der Waals surface area contributed by atoms with E-state index >= 15 is 0 Å². The molecule has 0 bridgehead atoms. The molecule has 0 N–H and O–H groups in total. The second kappa shape index (κ2) is 4.19. The summed E-state index contributed by atoms with van der Waals surface area (Å²) in [5.74, 6) is -0.349. The summed E-state index contributed by atoms with van der Waals surface area (Å²) in [6.45, 7) is 0. The lowest BCUT2D eigenvalue weighted by molar-refractivity contribution is -0.115. The van der Waals surface area contributed by atoms with Crippen molar-refractivity contribution in [3.05, 3.63) is 12.2 Å². The molecule has 0 amide bonds. The van der Waals surface area contributed by atoms with Gasteiger partial charge in [0.15, 0.2) is 0 Å². The van der Waals surface area contributed by atoms with Gasteiger partial charge in [0.2, 0.25) is 11.3 Å². The molecule has 1 aliphatic rings. The Hall–Kier alpha value is -0.920. The molecule has 1 rings (SSSR count). The van der Waals surface area contributed by atoms with E-state index < -0.39 is 5.24 Å². The van der Waals surface area contributed by atoms with Gasteiger partial charge in [0.25, 0.3) is 0 Å². The Labute approximate surface area is 75.1 Å². The number of aliphatic imine (C=N–C) groups is 1. The number of rotatable bonds is 2. The second-order valence-electron chi connectivity index (χ2n) is 2.64. The average Bonchev–Trinajstić information content (AvgIpc) is 2.05. The van der Waals surface area contributed by atoms with Crippen LogP contribution in [-0.4, -0.2) is 17.4 Å². The first-order chi connectivity index (χ1) is 5.75. The molecule has 0 saturated heterocycles. The largest absolute Gasteiger partial charge is 0.281 e. The van der Waals surface area contributed by atoms with Crippen LogP contribution < -0.4 is 0 Å². The SMILES string of the molecule is O=C=N[C@@H]1CC=CC[C@H]1C(=O)Cl. The summed E-state index contributed by atoms with van der Waals surface area (Å²) in [6, 6.07) is -0.308. The minimum atomic E-state index is -0.427. The highest BCUT2D eigenvalue weighted by atomic mass is 35.5. The third kappa shape index (κ3) is 2.03. The normalized spacial score (nSPS) is 27.8. The van der Waals surface area contributed by atoms with E-state index in [1.165, 1.54) is 6.08 Å². The van der Waals surface area contributed by atoms with Crippen LogP contribution in [0.25, 0.3) is 0 Å². The van der Waals surface area contributed by atoms with Crippen molar-refractivity contribution >= 4 is 22.9 Å². The maximum absolute atomic E-state index is 10.8. The zero-order valence-electron chi connectivity index (χ0n) is 6.37. The summed E-state index contributed by atoms with van der Waals surface area (Å²) in [5, 5.41) is -0.427. The molecule has 0 aromatic heterocycles. The molecule has 1 aliphatic carbocycles. The van der Waals surface area contributed by atoms with Crippen LogP contribution in [0.1, 0.15) is 12.8 Å². The van der Waals surface area contributed by atoms with Crippen LogP contribution in [0.5, 0.6) is 0 Å². The fourth-order valence-electron chi connectivity index (χ4n) is 1.25. The molecule has 2 atom stereocenters. The lowest BCUT2D eigenvalue weighted by atomic mass is 9.91. The molecule has 0 spiro atoms. The highest BCUT2D eigenvalue weighted by Gasteiger charge is 2.27. The Kier molecular flexibility index (Phi) is 3.20. The van der Waals surface area contributed by atoms with Crippen molar-refractivity contribution in [2.24, 2.45) is 10.9 Å². The van der Waals surface area contributed by atoms with E-state index in [4.69, 9.17) is 11.6 Å². The van der Waals surface area contributed by atoms with E-state index in [1.807, 2.05) is 12.2 Å². The highest BCUT2D eigenvalue weighted by Crippen LogP contribution is 2.23. The zero-order chi connectivity index (χ0) is 8.97. The first-order valence-corrected chi connectivity index (χ1v) is 4.05. The summed E-state index contributed by atoms with van der Waals surface area (Å²) in [4.78, 5) is 24.3. The third-order valence-electron chi connectivity index (χ3n) is 1.91. The van der Waals surface area contributed by atoms with Gasteiger partial charge in [-0.05, 0) is 24.4 Å². The maximum Gasteiger partial charge on any atom is 0.235 e. The Morgan fingerprint density at radius 1 is 1.50 bits per heavy atom. The summed E-state index contributed by atoms with van der Waals surface area (Å²) < 4.78 is 0. The first-order valence-electron chi connectivity index (χ1n) is 3.67. The van der Waals surface area contributed by atoms with Gasteiger partial charge in [-0.3, -0.25) is 4.79 Å². The molecule has 0 unspecified atom stereocenters. The van der Waals surface area contributed by atoms with Crippen molar-refractivity contribution in [3.8, 4) is 0 Å². The summed E-state index contributed by atoms with van der Waals surface area (Å²) in [7, 11) is 0. The minimum Gasteiger partial charge on any atom is -0.281 e. The predicted molar refractivity (Wildman–Crippen MR) is 44.6 cm³/mol. The van der Waals surface area contributed by atoms with Crippen molar-refractivity contribution in [1.82, 2.24) is 0 Å². The Bertz CT molecular complexity index is 244. The molecule has 0 radical (unpaired) electrons. The van der Waals surface area contributed by atoms with Crippen LogP contribution in [0.15, 0.2) is 17.1 Å². The molecule has 0 aromatic carbocycles. The Morgan fingerprint density at radius 3 is 2.75 bits per heavy atom. The van der Waals surface area contributed by atoms with Gasteiger partial charge in [-0.25, -0.2) is 9.79 Å². The number of hydrogen-bond acceptors (Lipinski definition) is 3. The van der Waals surface area contributed by atoms with Gasteiger partial charge in [0.05, 0.1) is 12.0 Å². The number of carbonyl (C=O) groups excluding carboxylic acids is 2. The lowest BCUT2D eigenvalue weighted by Gasteiger charge is -2.19. The van der Waals surface area contributed by atoms with Crippen LogP contribution in [0, 0.1) is 5.92 Å². The monoisotopic (exact) mass is 185 g/mol. The van der Waals surface area contributed by atoms with Crippen molar-refractivity contribution in [1.29, 1.82) is 0 Å². The standard InChI is InChI=1S/C8H8ClNO2/c9-8(12)6-3-1-2-4-7(6)10-5-11/h1-2,6-7H,3-4H2/t6-,7-/m1/s1. The maximum atomic E-state index is 10.8. The van der Waals surface area contributed by atoms with Gasteiger partial charge in [0, 0.05) is 0 Å². The smallest absolute Gasteiger partial charge is 0.235 e. The van der Waals surface area contributed by atoms with Crippen molar-refractivity contribution < 1.29 is 9.59 Å². The molecule has 0 fully saturated rings. The van der Waals surface area contributed by atoms with E-state index in [1.54, 1.807) is 0 Å². The number of isocyanates is 1. The van der Waals surface area contributed by atoms with Crippen LogP contribution in [0.3, 0.4) is 0 Å². The summed E-state index contributed by atoms with van der Waals surface area (Å²) in [5.41, 5.74) is 0. The molecule has 0 heterocycles. The molecule has 4 heteroatoms. The van der Waals surface area contributed by atoms with E-state index in [0.717, 1.165) is 0 Å². The predicted octanol–water partition coefficient (Wildman–Crippen LogP) is 1.42. The van der Waals surface area contributed by atoms with Gasteiger partial charge in [0.1, 0.15) is 0 Å². The minimum absolute atomic E-state index is 0.308. The van der Waals surface area contributed by atoms with E-state index in [9.17, 15) is 9.59 Å². The molecule has 3 nitrogen and oxygen atoms in total. The van der Waals surface area contributed by atoms with Gasteiger partial charge >= 0.3 is 0 Å². The van der Waals surface area contributed by atoms with Crippen LogP contribution >= 0.6 is 11.6 Å². The molecule has 64 valence electrons. The van der Waals surface area contributed by atoms with Gasteiger partial charge < -0.3 is 0 Å². The van der Waals surface area contributed by atoms with E-state index in [0.29, 0.717) is 12.8 Å². The quantitative estimate of drug-likeness (QED) is 0.283. The van der Waals surface area contributed by atoms with Crippen LogP contribution in [0.4, 0.5) is 0 Å². The fraction of sp³-hybridized carbons (Fsp3) is 0.500. The topological polar surface area (TPSA) is 46.5 Å². The number of hydrogen-bond donors (Lipinski definition) is 0. The van der Waals surface area contributed by atoms with Crippen LogP contribution in [-0.2, 0) is 9.59 Å². The zero-order valence-corrected chi connectivity index (χ0v) is 7.12. The third-order valence-corrected chi connectivity index (χ3v) is 2.19. The molecule has 0 saturated carbocycles. The first kappa shape index (κ1) is 9.17. The summed E-state index contributed by atoms with van der Waals surface area (Å²) >= 11 is 5.32. The number of allylic oxidation sites excluding steroid dienone is 1. The fourth-order valence-corrected chi connectivity index (χ4v) is 1.49. The average molecular weight is 186 g/mol. The van der Waals surface area contributed by atoms with Gasteiger partial charge in [-0.15, -0.1) is 0 Å². The van der Waals surface area contributed by atoms with Gasteiger partial charge in [-0.2, -0.15) is 0 Å². The highest BCUT2D eigenvalue weighted by molar-refractivity contribution is 6.64.